The largest absolute Gasteiger partial charge is 0.344 e. The molecule has 0 aromatic carbocycles. The molecule has 0 spiro atoms. The molecule has 3 heteroatoms. The Morgan fingerprint density at radius 1 is 1.27 bits per heavy atom. The summed E-state index contributed by atoms with van der Waals surface area (Å²) in [5.41, 5.74) is 0. The lowest BCUT2D eigenvalue weighted by molar-refractivity contribution is -0.136. The van der Waals surface area contributed by atoms with Gasteiger partial charge >= 0.3 is 0 Å². The van der Waals surface area contributed by atoms with Crippen molar-refractivity contribution in [3.8, 4) is 0 Å². The summed E-state index contributed by atoms with van der Waals surface area (Å²) in [6.45, 7) is 4.43. The van der Waals surface area contributed by atoms with Crippen LogP contribution in [0.4, 0.5) is 0 Å². The van der Waals surface area contributed by atoms with Gasteiger partial charge in [0.25, 0.3) is 0 Å². The number of likely N-dealkylation sites (N-methyl/N-ethyl adjacent to an activating group) is 1. The quantitative estimate of drug-likeness (QED) is 0.699. The minimum absolute atomic E-state index is 0.355. The van der Waals surface area contributed by atoms with Gasteiger partial charge in [0, 0.05) is 26.1 Å². The van der Waals surface area contributed by atoms with E-state index in [0.717, 1.165) is 25.9 Å². The van der Waals surface area contributed by atoms with Crippen LogP contribution in [0.15, 0.2) is 0 Å². The van der Waals surface area contributed by atoms with E-state index in [1.807, 2.05) is 11.9 Å². The SMILES string of the molecule is CN(CCN1CCCC1)C(=O)C1CCC1. The fraction of sp³-hybridized carbons (Fsp3) is 0.917. The first-order chi connectivity index (χ1) is 7.27. The molecule has 0 bridgehead atoms. The predicted octanol–water partition coefficient (Wildman–Crippen LogP) is 1.34. The molecule has 0 atom stereocenters. The zero-order valence-electron chi connectivity index (χ0n) is 9.74. The first-order valence-electron chi connectivity index (χ1n) is 6.25. The molecule has 0 radical (unpaired) electrons. The van der Waals surface area contributed by atoms with Crippen molar-refractivity contribution < 1.29 is 4.79 Å². The summed E-state index contributed by atoms with van der Waals surface area (Å²) in [6.07, 6.45) is 6.15. The van der Waals surface area contributed by atoms with Gasteiger partial charge in [0.15, 0.2) is 0 Å². The normalized spacial score (nSPS) is 22.7. The average Bonchev–Trinajstić information content (AvgIpc) is 2.63. The number of hydrogen-bond acceptors (Lipinski definition) is 2. The summed E-state index contributed by atoms with van der Waals surface area (Å²) in [5, 5.41) is 0. The lowest BCUT2D eigenvalue weighted by Gasteiger charge is -2.30. The van der Waals surface area contributed by atoms with Gasteiger partial charge in [-0.15, -0.1) is 0 Å². The Balaban J connectivity index is 1.66. The zero-order valence-corrected chi connectivity index (χ0v) is 9.74. The minimum atomic E-state index is 0.355. The Bertz CT molecular complexity index is 220. The highest BCUT2D eigenvalue weighted by Gasteiger charge is 2.27. The number of nitrogens with zero attached hydrogens (tertiary/aromatic N) is 2. The number of rotatable bonds is 4. The van der Waals surface area contributed by atoms with Crippen molar-refractivity contribution in [1.29, 1.82) is 0 Å². The summed E-state index contributed by atoms with van der Waals surface area (Å²) < 4.78 is 0. The van der Waals surface area contributed by atoms with Crippen molar-refractivity contribution in [3.63, 3.8) is 0 Å². The average molecular weight is 210 g/mol. The van der Waals surface area contributed by atoms with Gasteiger partial charge in [0.05, 0.1) is 0 Å². The van der Waals surface area contributed by atoms with Gasteiger partial charge in [-0.2, -0.15) is 0 Å². The summed E-state index contributed by atoms with van der Waals surface area (Å²) in [5.74, 6) is 0.731. The van der Waals surface area contributed by atoms with Crippen LogP contribution in [0.1, 0.15) is 32.1 Å². The fourth-order valence-electron chi connectivity index (χ4n) is 2.37. The second-order valence-corrected chi connectivity index (χ2v) is 4.94. The maximum atomic E-state index is 11.8. The van der Waals surface area contributed by atoms with Gasteiger partial charge < -0.3 is 9.80 Å². The number of carbonyl (C=O) groups excluding carboxylic acids is 1. The number of carbonyl (C=O) groups is 1. The van der Waals surface area contributed by atoms with Crippen molar-refractivity contribution in [2.24, 2.45) is 5.92 Å². The zero-order chi connectivity index (χ0) is 10.7. The van der Waals surface area contributed by atoms with E-state index in [1.165, 1.54) is 32.4 Å². The Morgan fingerprint density at radius 3 is 2.47 bits per heavy atom. The van der Waals surface area contributed by atoms with E-state index < -0.39 is 0 Å². The molecule has 2 rings (SSSR count). The number of likely N-dealkylation sites (tertiary alicyclic amines) is 1. The van der Waals surface area contributed by atoms with Gasteiger partial charge in [-0.1, -0.05) is 6.42 Å². The lowest BCUT2D eigenvalue weighted by atomic mass is 9.84. The summed E-state index contributed by atoms with van der Waals surface area (Å²) in [6, 6.07) is 0. The van der Waals surface area contributed by atoms with E-state index in [9.17, 15) is 4.79 Å². The van der Waals surface area contributed by atoms with E-state index in [2.05, 4.69) is 4.90 Å². The molecule has 0 aromatic rings. The second kappa shape index (κ2) is 4.97. The molecule has 0 aromatic heterocycles. The van der Waals surface area contributed by atoms with Gasteiger partial charge in [-0.25, -0.2) is 0 Å². The van der Waals surface area contributed by atoms with Crippen LogP contribution in [0.5, 0.6) is 0 Å². The first-order valence-corrected chi connectivity index (χ1v) is 6.25. The number of hydrogen-bond donors (Lipinski definition) is 0. The Hall–Kier alpha value is -0.570. The maximum absolute atomic E-state index is 11.8. The second-order valence-electron chi connectivity index (χ2n) is 4.94. The van der Waals surface area contributed by atoms with Crippen LogP contribution in [0, 0.1) is 5.92 Å². The molecule has 1 aliphatic carbocycles. The highest BCUT2D eigenvalue weighted by molar-refractivity contribution is 5.79. The molecule has 86 valence electrons. The van der Waals surface area contributed by atoms with Crippen molar-refractivity contribution >= 4 is 5.91 Å². The maximum Gasteiger partial charge on any atom is 0.225 e. The van der Waals surface area contributed by atoms with E-state index in [1.54, 1.807) is 0 Å². The Kier molecular flexibility index (Phi) is 3.62. The topological polar surface area (TPSA) is 23.6 Å². The van der Waals surface area contributed by atoms with Gasteiger partial charge in [-0.05, 0) is 38.8 Å². The van der Waals surface area contributed by atoms with Gasteiger partial charge in [0.2, 0.25) is 5.91 Å². The van der Waals surface area contributed by atoms with Crippen LogP contribution in [-0.2, 0) is 4.79 Å². The van der Waals surface area contributed by atoms with Gasteiger partial charge in [0.1, 0.15) is 0 Å². The van der Waals surface area contributed by atoms with Crippen LogP contribution in [0.25, 0.3) is 0 Å². The van der Waals surface area contributed by atoms with Crippen molar-refractivity contribution in [3.05, 3.63) is 0 Å². The highest BCUT2D eigenvalue weighted by Crippen LogP contribution is 2.27. The van der Waals surface area contributed by atoms with Crippen LogP contribution in [0.2, 0.25) is 0 Å². The molecule has 0 unspecified atom stereocenters. The smallest absolute Gasteiger partial charge is 0.225 e. The minimum Gasteiger partial charge on any atom is -0.344 e. The van der Waals surface area contributed by atoms with E-state index in [0.29, 0.717) is 11.8 Å². The lowest BCUT2D eigenvalue weighted by Crippen LogP contribution is -2.40. The van der Waals surface area contributed by atoms with Crippen LogP contribution in [-0.4, -0.2) is 48.9 Å². The third kappa shape index (κ3) is 2.71. The standard InChI is InChI=1S/C12H22N2O/c1-13(12(15)11-5-4-6-11)9-10-14-7-2-3-8-14/h11H,2-10H2,1H3. The fourth-order valence-corrected chi connectivity index (χ4v) is 2.37. The van der Waals surface area contributed by atoms with Crippen LogP contribution < -0.4 is 0 Å². The monoisotopic (exact) mass is 210 g/mol. The van der Waals surface area contributed by atoms with E-state index >= 15 is 0 Å². The molecule has 1 amide bonds. The third-order valence-electron chi connectivity index (χ3n) is 3.78. The highest BCUT2D eigenvalue weighted by atomic mass is 16.2. The molecule has 0 N–H and O–H groups in total. The Morgan fingerprint density at radius 2 is 1.93 bits per heavy atom. The molecule has 2 aliphatic rings. The summed E-state index contributed by atoms with van der Waals surface area (Å²) in [4.78, 5) is 16.2. The molecular formula is C12H22N2O. The number of amides is 1. The molecule has 1 saturated heterocycles. The molecular weight excluding hydrogens is 188 g/mol. The van der Waals surface area contributed by atoms with E-state index in [-0.39, 0.29) is 0 Å². The summed E-state index contributed by atoms with van der Waals surface area (Å²) >= 11 is 0. The molecule has 3 nitrogen and oxygen atoms in total. The van der Waals surface area contributed by atoms with Crippen molar-refractivity contribution in [1.82, 2.24) is 9.80 Å². The molecule has 15 heavy (non-hydrogen) atoms. The summed E-state index contributed by atoms with van der Waals surface area (Å²) in [7, 11) is 1.96. The molecule has 1 aliphatic heterocycles. The van der Waals surface area contributed by atoms with Crippen LogP contribution in [0.3, 0.4) is 0 Å². The van der Waals surface area contributed by atoms with Crippen LogP contribution >= 0.6 is 0 Å². The predicted molar refractivity (Wildman–Crippen MR) is 60.7 cm³/mol. The Labute approximate surface area is 92.4 Å². The van der Waals surface area contributed by atoms with Crippen molar-refractivity contribution in [2.45, 2.75) is 32.1 Å². The molecule has 1 saturated carbocycles. The van der Waals surface area contributed by atoms with Crippen molar-refractivity contribution in [2.75, 3.05) is 33.2 Å². The molecule has 2 fully saturated rings. The third-order valence-corrected chi connectivity index (χ3v) is 3.78. The van der Waals surface area contributed by atoms with Gasteiger partial charge in [-0.3, -0.25) is 4.79 Å². The first kappa shape index (κ1) is 10.9. The molecule has 1 heterocycles. The van der Waals surface area contributed by atoms with E-state index in [4.69, 9.17) is 0 Å².